The summed E-state index contributed by atoms with van der Waals surface area (Å²) < 4.78 is 0. The van der Waals surface area contributed by atoms with Crippen LogP contribution in [0, 0.1) is 11.8 Å². The van der Waals surface area contributed by atoms with Crippen LogP contribution in [0.1, 0.15) is 47.5 Å². The van der Waals surface area contributed by atoms with Gasteiger partial charge in [0.25, 0.3) is 0 Å². The van der Waals surface area contributed by atoms with Gasteiger partial charge in [0.2, 0.25) is 0 Å². The number of nitrogens with one attached hydrogen (secondary N) is 1. The summed E-state index contributed by atoms with van der Waals surface area (Å²) in [5.41, 5.74) is 0. The molecule has 1 aliphatic carbocycles. The lowest BCUT2D eigenvalue weighted by Gasteiger charge is -2.49. The van der Waals surface area contributed by atoms with Crippen LogP contribution in [0.3, 0.4) is 0 Å². The maximum atomic E-state index is 3.77. The quantitative estimate of drug-likeness (QED) is 0.854. The molecule has 0 aromatic heterocycles. The number of rotatable bonds is 4. The van der Waals surface area contributed by atoms with E-state index in [1.165, 1.54) is 39.0 Å². The van der Waals surface area contributed by atoms with Crippen LogP contribution in [0.4, 0.5) is 0 Å². The first kappa shape index (κ1) is 16.3. The van der Waals surface area contributed by atoms with Crippen molar-refractivity contribution in [1.82, 2.24) is 15.1 Å². The van der Waals surface area contributed by atoms with Gasteiger partial charge in [0.05, 0.1) is 0 Å². The Morgan fingerprint density at radius 2 is 1.70 bits per heavy atom. The van der Waals surface area contributed by atoms with E-state index in [0.29, 0.717) is 12.1 Å². The van der Waals surface area contributed by atoms with Gasteiger partial charge in [-0.2, -0.15) is 0 Å². The van der Waals surface area contributed by atoms with Crippen molar-refractivity contribution in [3.8, 4) is 0 Å². The Balaban J connectivity index is 1.98. The van der Waals surface area contributed by atoms with E-state index < -0.39 is 0 Å². The summed E-state index contributed by atoms with van der Waals surface area (Å²) in [5.74, 6) is 1.70. The zero-order valence-electron chi connectivity index (χ0n) is 14.2. The summed E-state index contributed by atoms with van der Waals surface area (Å²) in [6.07, 6.45) is 2.75. The molecule has 0 bridgehead atoms. The predicted molar refractivity (Wildman–Crippen MR) is 87.1 cm³/mol. The van der Waals surface area contributed by atoms with Gasteiger partial charge in [-0.3, -0.25) is 9.80 Å². The van der Waals surface area contributed by atoms with Gasteiger partial charge in [-0.05, 0) is 45.1 Å². The van der Waals surface area contributed by atoms with Gasteiger partial charge < -0.3 is 5.32 Å². The van der Waals surface area contributed by atoms with Crippen molar-refractivity contribution < 1.29 is 0 Å². The Hall–Kier alpha value is -0.120. The zero-order chi connectivity index (χ0) is 14.7. The molecule has 2 aliphatic rings. The molecule has 3 heteroatoms. The summed E-state index contributed by atoms with van der Waals surface area (Å²) in [7, 11) is 0. The van der Waals surface area contributed by atoms with Crippen molar-refractivity contribution in [3.05, 3.63) is 0 Å². The van der Waals surface area contributed by atoms with E-state index in [1.807, 2.05) is 0 Å². The first-order valence-electron chi connectivity index (χ1n) is 8.74. The van der Waals surface area contributed by atoms with Gasteiger partial charge in [-0.1, -0.05) is 20.8 Å². The molecular weight excluding hydrogens is 246 g/mol. The largest absolute Gasteiger partial charge is 0.313 e. The van der Waals surface area contributed by atoms with E-state index in [1.54, 1.807) is 0 Å². The van der Waals surface area contributed by atoms with E-state index in [9.17, 15) is 0 Å². The zero-order valence-corrected chi connectivity index (χ0v) is 14.2. The molecule has 1 N–H and O–H groups in total. The SMILES string of the molecule is CCNC1CC(C)CC(C)C1N1CCN(C(C)C)CC1. The third kappa shape index (κ3) is 3.75. The second-order valence-corrected chi connectivity index (χ2v) is 7.37. The Morgan fingerprint density at radius 3 is 2.25 bits per heavy atom. The maximum absolute atomic E-state index is 3.77. The minimum atomic E-state index is 0.698. The van der Waals surface area contributed by atoms with Crippen molar-refractivity contribution in [2.75, 3.05) is 32.7 Å². The molecule has 2 rings (SSSR count). The third-order valence-electron chi connectivity index (χ3n) is 5.39. The standard InChI is InChI=1S/C17H35N3/c1-6-18-16-12-14(4)11-15(5)17(16)20-9-7-19(8-10-20)13(2)3/h13-18H,6-12H2,1-5H3. The van der Waals surface area contributed by atoms with Gasteiger partial charge in [0.15, 0.2) is 0 Å². The Morgan fingerprint density at radius 1 is 1.05 bits per heavy atom. The molecule has 0 aromatic rings. The van der Waals surface area contributed by atoms with Crippen molar-refractivity contribution in [2.24, 2.45) is 11.8 Å². The highest BCUT2D eigenvalue weighted by Crippen LogP contribution is 2.33. The molecule has 1 saturated carbocycles. The lowest BCUT2D eigenvalue weighted by Crippen LogP contribution is -2.61. The van der Waals surface area contributed by atoms with Crippen LogP contribution in [-0.2, 0) is 0 Å². The molecule has 4 atom stereocenters. The molecule has 118 valence electrons. The lowest BCUT2D eigenvalue weighted by molar-refractivity contribution is 0.0167. The molecule has 20 heavy (non-hydrogen) atoms. The molecule has 4 unspecified atom stereocenters. The summed E-state index contributed by atoms with van der Waals surface area (Å²) >= 11 is 0. The highest BCUT2D eigenvalue weighted by molar-refractivity contribution is 4.95. The van der Waals surface area contributed by atoms with Crippen molar-refractivity contribution in [2.45, 2.75) is 65.6 Å². The molecule has 0 amide bonds. The molecule has 3 nitrogen and oxygen atoms in total. The second-order valence-electron chi connectivity index (χ2n) is 7.37. The Labute approximate surface area is 126 Å². The van der Waals surface area contributed by atoms with Crippen LogP contribution in [0.2, 0.25) is 0 Å². The predicted octanol–water partition coefficient (Wildman–Crippen LogP) is 2.43. The van der Waals surface area contributed by atoms with Crippen LogP contribution >= 0.6 is 0 Å². The first-order valence-corrected chi connectivity index (χ1v) is 8.74. The molecule has 0 radical (unpaired) electrons. The van der Waals surface area contributed by atoms with Crippen molar-refractivity contribution >= 4 is 0 Å². The summed E-state index contributed by atoms with van der Waals surface area (Å²) in [6, 6.07) is 2.15. The fourth-order valence-electron chi connectivity index (χ4n) is 4.47. The Kier molecular flexibility index (Phi) is 5.88. The first-order chi connectivity index (χ1) is 9.52. The highest BCUT2D eigenvalue weighted by Gasteiger charge is 2.38. The molecular formula is C17H35N3. The van der Waals surface area contributed by atoms with Crippen molar-refractivity contribution in [3.63, 3.8) is 0 Å². The van der Waals surface area contributed by atoms with Gasteiger partial charge in [-0.25, -0.2) is 0 Å². The van der Waals surface area contributed by atoms with E-state index >= 15 is 0 Å². The minimum Gasteiger partial charge on any atom is -0.313 e. The van der Waals surface area contributed by atoms with Crippen LogP contribution < -0.4 is 5.32 Å². The summed E-state index contributed by atoms with van der Waals surface area (Å²) in [4.78, 5) is 5.40. The van der Waals surface area contributed by atoms with Gasteiger partial charge in [0, 0.05) is 44.3 Å². The van der Waals surface area contributed by atoms with Gasteiger partial charge in [0.1, 0.15) is 0 Å². The van der Waals surface area contributed by atoms with Crippen LogP contribution in [0.5, 0.6) is 0 Å². The highest BCUT2D eigenvalue weighted by atomic mass is 15.3. The number of nitrogens with zero attached hydrogens (tertiary/aromatic N) is 2. The Bertz CT molecular complexity index is 284. The van der Waals surface area contributed by atoms with Crippen LogP contribution in [0.25, 0.3) is 0 Å². The van der Waals surface area contributed by atoms with Crippen molar-refractivity contribution in [1.29, 1.82) is 0 Å². The monoisotopic (exact) mass is 281 g/mol. The fraction of sp³-hybridized carbons (Fsp3) is 1.00. The van der Waals surface area contributed by atoms with E-state index in [2.05, 4.69) is 49.7 Å². The number of likely N-dealkylation sites (N-methyl/N-ethyl adjacent to an activating group) is 1. The summed E-state index contributed by atoms with van der Waals surface area (Å²) in [5, 5.41) is 3.77. The molecule has 1 heterocycles. The molecule has 1 aliphatic heterocycles. The number of hydrogen-bond donors (Lipinski definition) is 1. The average molecular weight is 281 g/mol. The average Bonchev–Trinajstić information content (AvgIpc) is 2.38. The molecule has 0 spiro atoms. The van der Waals surface area contributed by atoms with Gasteiger partial charge >= 0.3 is 0 Å². The second kappa shape index (κ2) is 7.24. The normalized spacial score (nSPS) is 37.5. The van der Waals surface area contributed by atoms with E-state index in [4.69, 9.17) is 0 Å². The fourth-order valence-corrected chi connectivity index (χ4v) is 4.47. The third-order valence-corrected chi connectivity index (χ3v) is 5.39. The van der Waals surface area contributed by atoms with Gasteiger partial charge in [-0.15, -0.1) is 0 Å². The van der Waals surface area contributed by atoms with Crippen LogP contribution in [-0.4, -0.2) is 60.6 Å². The summed E-state index contributed by atoms with van der Waals surface area (Å²) in [6.45, 7) is 17.9. The van der Waals surface area contributed by atoms with E-state index in [-0.39, 0.29) is 0 Å². The number of hydrogen-bond acceptors (Lipinski definition) is 3. The lowest BCUT2D eigenvalue weighted by atomic mass is 9.75. The molecule has 0 aromatic carbocycles. The smallest absolute Gasteiger partial charge is 0.0276 e. The molecule has 2 fully saturated rings. The minimum absolute atomic E-state index is 0.698. The maximum Gasteiger partial charge on any atom is 0.0276 e. The topological polar surface area (TPSA) is 18.5 Å². The number of piperazine rings is 1. The van der Waals surface area contributed by atoms with Crippen LogP contribution in [0.15, 0.2) is 0 Å². The molecule has 1 saturated heterocycles. The van der Waals surface area contributed by atoms with E-state index in [0.717, 1.165) is 24.4 Å².